The monoisotopic (exact) mass is 306 g/mol. The fraction of sp³-hybridized carbons (Fsp3) is 0.929. The number of nitrogens with one attached hydrogen (secondary N) is 2. The number of hydrogen-bond donors (Lipinski definition) is 2. The van der Waals surface area contributed by atoms with Crippen LogP contribution < -0.4 is 10.6 Å². The second-order valence-corrected chi connectivity index (χ2v) is 6.82. The second-order valence-electron chi connectivity index (χ2n) is 5.69. The van der Waals surface area contributed by atoms with Crippen molar-refractivity contribution in [2.75, 3.05) is 19.3 Å². The van der Waals surface area contributed by atoms with Crippen molar-refractivity contribution >= 4 is 30.1 Å². The minimum Gasteiger partial charge on any atom is -0.353 e. The maximum absolute atomic E-state index is 12.0. The van der Waals surface area contributed by atoms with Crippen molar-refractivity contribution in [2.24, 2.45) is 5.92 Å². The molecule has 1 saturated carbocycles. The summed E-state index contributed by atoms with van der Waals surface area (Å²) >= 11 is 1.95. The van der Waals surface area contributed by atoms with Crippen molar-refractivity contribution in [3.63, 3.8) is 0 Å². The first-order valence-corrected chi connectivity index (χ1v) is 8.59. The molecule has 2 aliphatic rings. The van der Waals surface area contributed by atoms with Gasteiger partial charge in [0.05, 0.1) is 0 Å². The van der Waals surface area contributed by atoms with Gasteiger partial charge in [-0.05, 0) is 57.4 Å². The zero-order chi connectivity index (χ0) is 12.8. The third-order valence-corrected chi connectivity index (χ3v) is 5.35. The van der Waals surface area contributed by atoms with Crippen LogP contribution in [0.5, 0.6) is 0 Å². The van der Waals surface area contributed by atoms with Gasteiger partial charge in [-0.1, -0.05) is 6.42 Å². The van der Waals surface area contributed by atoms with Gasteiger partial charge in [0.25, 0.3) is 0 Å². The molecule has 1 aliphatic carbocycles. The molecule has 0 aromatic carbocycles. The zero-order valence-corrected chi connectivity index (χ0v) is 13.5. The molecule has 0 aromatic rings. The Labute approximate surface area is 127 Å². The summed E-state index contributed by atoms with van der Waals surface area (Å²) in [5.74, 6) is 0.889. The lowest BCUT2D eigenvalue weighted by Gasteiger charge is -2.29. The highest BCUT2D eigenvalue weighted by Crippen LogP contribution is 2.27. The van der Waals surface area contributed by atoms with E-state index in [2.05, 4.69) is 16.9 Å². The average Bonchev–Trinajstić information content (AvgIpc) is 2.40. The zero-order valence-electron chi connectivity index (χ0n) is 11.8. The summed E-state index contributed by atoms with van der Waals surface area (Å²) in [4.78, 5) is 12.0. The number of carbonyl (C=O) groups excluding carboxylic acids is 1. The molecule has 19 heavy (non-hydrogen) atoms. The van der Waals surface area contributed by atoms with Crippen molar-refractivity contribution in [3.05, 3.63) is 0 Å². The highest BCUT2D eigenvalue weighted by molar-refractivity contribution is 7.99. The first kappa shape index (κ1) is 17.1. The molecule has 2 fully saturated rings. The van der Waals surface area contributed by atoms with Gasteiger partial charge in [0.2, 0.25) is 5.91 Å². The number of piperidine rings is 1. The fourth-order valence-corrected chi connectivity index (χ4v) is 3.95. The summed E-state index contributed by atoms with van der Waals surface area (Å²) in [6.07, 6.45) is 10.2. The smallest absolute Gasteiger partial charge is 0.220 e. The Hall–Kier alpha value is 0.0700. The second kappa shape index (κ2) is 9.09. The Morgan fingerprint density at radius 2 is 2.00 bits per heavy atom. The summed E-state index contributed by atoms with van der Waals surface area (Å²) in [5.41, 5.74) is 0. The molecule has 0 bridgehead atoms. The predicted molar refractivity (Wildman–Crippen MR) is 85.2 cm³/mol. The molecule has 1 aliphatic heterocycles. The van der Waals surface area contributed by atoms with Gasteiger partial charge >= 0.3 is 0 Å². The van der Waals surface area contributed by atoms with E-state index < -0.39 is 0 Å². The maximum Gasteiger partial charge on any atom is 0.220 e. The molecule has 5 heteroatoms. The SMILES string of the molecule is CSC1CCCC(NC(=O)CC2CCNCC2)C1.Cl. The van der Waals surface area contributed by atoms with Crippen LogP contribution in [0, 0.1) is 5.92 Å². The van der Waals surface area contributed by atoms with Crippen LogP contribution in [0.2, 0.25) is 0 Å². The number of amides is 1. The average molecular weight is 307 g/mol. The predicted octanol–water partition coefficient (Wildman–Crippen LogP) is 2.59. The Bertz CT molecular complexity index is 272. The van der Waals surface area contributed by atoms with Gasteiger partial charge in [-0.3, -0.25) is 4.79 Å². The van der Waals surface area contributed by atoms with Gasteiger partial charge in [-0.25, -0.2) is 0 Å². The van der Waals surface area contributed by atoms with E-state index in [0.29, 0.717) is 12.0 Å². The highest BCUT2D eigenvalue weighted by atomic mass is 35.5. The number of hydrogen-bond acceptors (Lipinski definition) is 3. The largest absolute Gasteiger partial charge is 0.353 e. The van der Waals surface area contributed by atoms with Crippen LogP contribution in [0.3, 0.4) is 0 Å². The molecule has 0 radical (unpaired) electrons. The normalized spacial score (nSPS) is 28.5. The minimum absolute atomic E-state index is 0. The van der Waals surface area contributed by atoms with Gasteiger partial charge in [0.1, 0.15) is 0 Å². The van der Waals surface area contributed by atoms with E-state index in [-0.39, 0.29) is 18.3 Å². The fourth-order valence-electron chi connectivity index (χ4n) is 3.12. The third kappa shape index (κ3) is 5.92. The van der Waals surface area contributed by atoms with Crippen LogP contribution in [0.4, 0.5) is 0 Å². The summed E-state index contributed by atoms with van der Waals surface area (Å²) in [6.45, 7) is 2.16. The van der Waals surface area contributed by atoms with Crippen molar-refractivity contribution in [3.8, 4) is 0 Å². The van der Waals surface area contributed by atoms with Crippen molar-refractivity contribution in [1.29, 1.82) is 0 Å². The summed E-state index contributed by atoms with van der Waals surface area (Å²) in [7, 11) is 0. The molecular weight excluding hydrogens is 280 g/mol. The molecule has 1 heterocycles. The van der Waals surface area contributed by atoms with Gasteiger partial charge in [-0.2, -0.15) is 11.8 Å². The molecule has 112 valence electrons. The van der Waals surface area contributed by atoms with Crippen LogP contribution in [0.25, 0.3) is 0 Å². The lowest BCUT2D eigenvalue weighted by Crippen LogP contribution is -2.40. The molecule has 2 N–H and O–H groups in total. The molecule has 1 saturated heterocycles. The first-order chi connectivity index (χ1) is 8.78. The molecule has 2 rings (SSSR count). The Kier molecular flexibility index (Phi) is 8.19. The van der Waals surface area contributed by atoms with E-state index in [1.54, 1.807) is 0 Å². The van der Waals surface area contributed by atoms with Crippen molar-refractivity contribution in [2.45, 2.75) is 56.2 Å². The third-order valence-electron chi connectivity index (χ3n) is 4.26. The van der Waals surface area contributed by atoms with Gasteiger partial charge in [0.15, 0.2) is 0 Å². The van der Waals surface area contributed by atoms with Crippen LogP contribution in [0.1, 0.15) is 44.9 Å². The Morgan fingerprint density at radius 1 is 1.26 bits per heavy atom. The van der Waals surface area contributed by atoms with Crippen LogP contribution in [-0.2, 0) is 4.79 Å². The lowest BCUT2D eigenvalue weighted by molar-refractivity contribution is -0.123. The van der Waals surface area contributed by atoms with Crippen LogP contribution >= 0.6 is 24.2 Å². The van der Waals surface area contributed by atoms with Crippen LogP contribution in [-0.4, -0.2) is 36.5 Å². The number of thioether (sulfide) groups is 1. The topological polar surface area (TPSA) is 41.1 Å². The van der Waals surface area contributed by atoms with E-state index in [4.69, 9.17) is 0 Å². The van der Waals surface area contributed by atoms with E-state index >= 15 is 0 Å². The molecule has 1 amide bonds. The van der Waals surface area contributed by atoms with Crippen molar-refractivity contribution < 1.29 is 4.79 Å². The van der Waals surface area contributed by atoms with E-state index in [1.807, 2.05) is 11.8 Å². The standard InChI is InChI=1S/C14H26N2OS.ClH/c1-18-13-4-2-3-12(10-13)16-14(17)9-11-5-7-15-8-6-11;/h11-13,15H,2-10H2,1H3,(H,16,17);1H. The van der Waals surface area contributed by atoms with E-state index in [1.165, 1.54) is 25.7 Å². The molecular formula is C14H27ClN2OS. The molecule has 2 unspecified atom stereocenters. The number of halogens is 1. The lowest BCUT2D eigenvalue weighted by atomic mass is 9.92. The highest BCUT2D eigenvalue weighted by Gasteiger charge is 2.24. The first-order valence-electron chi connectivity index (χ1n) is 7.31. The molecule has 3 nitrogen and oxygen atoms in total. The van der Waals surface area contributed by atoms with Gasteiger partial charge in [-0.15, -0.1) is 12.4 Å². The van der Waals surface area contributed by atoms with Gasteiger partial charge < -0.3 is 10.6 Å². The van der Waals surface area contributed by atoms with E-state index in [9.17, 15) is 4.79 Å². The Morgan fingerprint density at radius 3 is 2.68 bits per heavy atom. The quantitative estimate of drug-likeness (QED) is 0.839. The van der Waals surface area contributed by atoms with Gasteiger partial charge in [0, 0.05) is 17.7 Å². The summed E-state index contributed by atoms with van der Waals surface area (Å²) in [5, 5.41) is 7.36. The van der Waals surface area contributed by atoms with E-state index in [0.717, 1.165) is 37.6 Å². The Balaban J connectivity index is 0.00000180. The molecule has 0 aromatic heterocycles. The maximum atomic E-state index is 12.0. The molecule has 0 spiro atoms. The van der Waals surface area contributed by atoms with Crippen molar-refractivity contribution in [1.82, 2.24) is 10.6 Å². The summed E-state index contributed by atoms with van der Waals surface area (Å²) in [6, 6.07) is 0.436. The summed E-state index contributed by atoms with van der Waals surface area (Å²) < 4.78 is 0. The number of carbonyl (C=O) groups is 1. The minimum atomic E-state index is 0. The van der Waals surface area contributed by atoms with Crippen LogP contribution in [0.15, 0.2) is 0 Å². The molecule has 2 atom stereocenters. The number of rotatable bonds is 4.